The van der Waals surface area contributed by atoms with E-state index in [9.17, 15) is 66.1 Å². The molecule has 11 rings (SSSR count). The number of carbonyl (C=O) groups excluding carboxylic acids is 1. The molecule has 0 radical (unpaired) electrons. The minimum Gasteiger partial charge on any atom is -0.488 e. The number of nitrogens with zero attached hydrogens (tertiary/aromatic N) is 3. The summed E-state index contributed by atoms with van der Waals surface area (Å²) in [6.07, 6.45) is 3.75. The highest BCUT2D eigenvalue weighted by Gasteiger charge is 2.35. The molecular weight excluding hydrogens is 1360 g/mol. The van der Waals surface area contributed by atoms with E-state index in [0.717, 1.165) is 96.7 Å². The Balaban J connectivity index is 0.000000158. The zero-order valence-corrected chi connectivity index (χ0v) is 55.0. The third-order valence-corrected chi connectivity index (χ3v) is 19.5. The van der Waals surface area contributed by atoms with Crippen LogP contribution in [0.5, 0.6) is 5.75 Å². The number of primary sulfonamides is 1. The zero-order valence-electron chi connectivity index (χ0n) is 49.3. The SMILES string of the molecule is CS(=O)(=O)Nc1ccc([N+](=O)[O-])cc1OC1CCCCC1.CS(=O)(=O)c1ccc(-c2cc(Br)sc2-c2ccc(F)cc2)cc1.CS(=O)(=O)c1ccc(C2=C(c3ccccc3)C(=O)OC2)cc1.Cc1ccc(-c2cc(C(F)(F)F)nn2-c2ccc(S(N)(=O)=O)cc2)cc1. The molecule has 1 saturated carbocycles. The van der Waals surface area contributed by atoms with Gasteiger partial charge in [0, 0.05) is 40.2 Å². The summed E-state index contributed by atoms with van der Waals surface area (Å²) in [5.41, 5.74) is 6.81. The number of thiophene rings is 1. The number of nitrogens with two attached hydrogens (primary N) is 1. The number of cyclic esters (lactones) is 1. The molecule has 0 bridgehead atoms. The third-order valence-electron chi connectivity index (χ3n) is 14.0. The highest BCUT2D eigenvalue weighted by Crippen LogP contribution is 2.42. The largest absolute Gasteiger partial charge is 0.488 e. The van der Waals surface area contributed by atoms with Crippen LogP contribution in [-0.2, 0) is 55.4 Å². The average molecular weight is 1420 g/mol. The first-order chi connectivity index (χ1) is 43.2. The lowest BCUT2D eigenvalue weighted by Gasteiger charge is -2.24. The Morgan fingerprint density at radius 1 is 0.685 bits per heavy atom. The first-order valence-corrected chi connectivity index (χ1v) is 36.5. The van der Waals surface area contributed by atoms with Crippen molar-refractivity contribution in [2.45, 2.75) is 66.0 Å². The summed E-state index contributed by atoms with van der Waals surface area (Å²) in [7, 11) is -13.8. The predicted molar refractivity (Wildman–Crippen MR) is 349 cm³/mol. The van der Waals surface area contributed by atoms with Crippen LogP contribution >= 0.6 is 27.3 Å². The number of non-ortho nitro benzene ring substituents is 1. The summed E-state index contributed by atoms with van der Waals surface area (Å²) in [6, 6.07) is 47.8. The van der Waals surface area contributed by atoms with E-state index < -0.39 is 56.5 Å². The van der Waals surface area contributed by atoms with E-state index in [1.165, 1.54) is 67.1 Å². The Morgan fingerprint density at radius 2 is 1.23 bits per heavy atom. The fraction of sp³-hybridized carbons (Fsp3) is 0.188. The molecule has 9 aromatic rings. The van der Waals surface area contributed by atoms with E-state index >= 15 is 0 Å². The quantitative estimate of drug-likeness (QED) is 0.0444. The summed E-state index contributed by atoms with van der Waals surface area (Å²) < 4.78 is 159. The second-order valence-electron chi connectivity index (χ2n) is 21.1. The Hall–Kier alpha value is -8.38. The van der Waals surface area contributed by atoms with Crippen LogP contribution in [0.3, 0.4) is 0 Å². The molecular formula is C64H58BrF4N5O13S5. The van der Waals surface area contributed by atoms with E-state index in [2.05, 4.69) is 25.8 Å². The van der Waals surface area contributed by atoms with Crippen molar-refractivity contribution in [3.8, 4) is 44.3 Å². The number of carbonyl (C=O) groups is 1. The fourth-order valence-electron chi connectivity index (χ4n) is 9.50. The molecule has 1 fully saturated rings. The summed E-state index contributed by atoms with van der Waals surface area (Å²) >= 11 is 5.04. The van der Waals surface area contributed by atoms with Crippen molar-refractivity contribution in [2.75, 3.05) is 30.1 Å². The summed E-state index contributed by atoms with van der Waals surface area (Å²) in [4.78, 5) is 23.7. The highest BCUT2D eigenvalue weighted by atomic mass is 79.9. The molecule has 7 aromatic carbocycles. The molecule has 1 aliphatic carbocycles. The van der Waals surface area contributed by atoms with Gasteiger partial charge in [-0.05, 0) is 150 Å². The topological polar surface area (TPSA) is 271 Å². The van der Waals surface area contributed by atoms with Crippen LogP contribution in [-0.4, -0.2) is 85.8 Å². The number of nitro groups is 1. The van der Waals surface area contributed by atoms with Crippen LogP contribution in [0.4, 0.5) is 28.9 Å². The van der Waals surface area contributed by atoms with Gasteiger partial charge in [0.25, 0.3) is 5.69 Å². The van der Waals surface area contributed by atoms with Crippen molar-refractivity contribution >= 4 is 95.5 Å². The molecule has 482 valence electrons. The second kappa shape index (κ2) is 29.1. The molecule has 0 spiro atoms. The normalized spacial score (nSPS) is 13.7. The van der Waals surface area contributed by atoms with Gasteiger partial charge >= 0.3 is 12.1 Å². The Labute approximate surface area is 541 Å². The molecule has 0 atom stereocenters. The van der Waals surface area contributed by atoms with Crippen LogP contribution in [0, 0.1) is 22.9 Å². The lowest BCUT2D eigenvalue weighted by atomic mass is 9.97. The molecule has 3 N–H and O–H groups in total. The van der Waals surface area contributed by atoms with Crippen LogP contribution in [0.25, 0.3) is 49.7 Å². The van der Waals surface area contributed by atoms with Gasteiger partial charge in [-0.1, -0.05) is 103 Å². The minimum atomic E-state index is -4.61. The summed E-state index contributed by atoms with van der Waals surface area (Å²) in [5.74, 6) is -0.418. The maximum absolute atomic E-state index is 13.1. The lowest BCUT2D eigenvalue weighted by Crippen LogP contribution is -2.21. The monoisotopic (exact) mass is 1420 g/mol. The van der Waals surface area contributed by atoms with Gasteiger partial charge < -0.3 is 9.47 Å². The molecule has 0 saturated heterocycles. The Morgan fingerprint density at radius 3 is 1.76 bits per heavy atom. The number of sulfone groups is 2. The number of aryl methyl sites for hydroxylation is 1. The van der Waals surface area contributed by atoms with Gasteiger partial charge in [-0.25, -0.2) is 52.7 Å². The molecule has 92 heavy (non-hydrogen) atoms. The van der Waals surface area contributed by atoms with E-state index in [0.29, 0.717) is 16.0 Å². The summed E-state index contributed by atoms with van der Waals surface area (Å²) in [6.45, 7) is 2.06. The van der Waals surface area contributed by atoms with Crippen molar-refractivity contribution in [1.82, 2.24) is 9.78 Å². The van der Waals surface area contributed by atoms with Gasteiger partial charge in [0.1, 0.15) is 12.4 Å². The number of ether oxygens (including phenoxy) is 2. The van der Waals surface area contributed by atoms with Gasteiger partial charge in [-0.15, -0.1) is 11.3 Å². The first kappa shape index (κ1) is 69.5. The van der Waals surface area contributed by atoms with E-state index in [1.807, 2.05) is 43.3 Å². The first-order valence-electron chi connectivity index (χ1n) is 27.6. The van der Waals surface area contributed by atoms with Gasteiger partial charge in [0.05, 0.1) is 64.5 Å². The van der Waals surface area contributed by atoms with Crippen LogP contribution in [0.1, 0.15) is 54.5 Å². The highest BCUT2D eigenvalue weighted by molar-refractivity contribution is 9.11. The molecule has 2 aromatic heterocycles. The number of nitrogens with one attached hydrogen (secondary N) is 1. The number of aromatic nitrogens is 2. The van der Waals surface area contributed by atoms with Gasteiger partial charge in [0.2, 0.25) is 20.0 Å². The van der Waals surface area contributed by atoms with Gasteiger partial charge in [-0.3, -0.25) is 14.8 Å². The molecule has 0 unspecified atom stereocenters. The number of halogens is 5. The number of esters is 1. The molecule has 28 heteroatoms. The average Bonchev–Trinajstić information content (AvgIpc) is 1.63. The van der Waals surface area contributed by atoms with Crippen molar-refractivity contribution < 1.29 is 70.4 Å². The van der Waals surface area contributed by atoms with E-state index in [1.54, 1.807) is 96.3 Å². The Bertz CT molecular complexity index is 4650. The molecule has 18 nitrogen and oxygen atoms in total. The third kappa shape index (κ3) is 18.7. The predicted octanol–water partition coefficient (Wildman–Crippen LogP) is 14.1. The maximum Gasteiger partial charge on any atom is 0.435 e. The minimum absolute atomic E-state index is 0.0270. The van der Waals surface area contributed by atoms with E-state index in [4.69, 9.17) is 14.6 Å². The number of benzene rings is 7. The van der Waals surface area contributed by atoms with Crippen LogP contribution in [0.2, 0.25) is 0 Å². The van der Waals surface area contributed by atoms with Crippen molar-refractivity contribution in [2.24, 2.45) is 5.14 Å². The van der Waals surface area contributed by atoms with Gasteiger partial charge in [-0.2, -0.15) is 18.3 Å². The number of sulfonamides is 2. The molecule has 3 heterocycles. The number of nitro benzene ring substituents is 1. The molecule has 1 aliphatic heterocycles. The number of anilines is 1. The second-order valence-corrected chi connectivity index (χ2v) is 30.9. The zero-order chi connectivity index (χ0) is 66.9. The van der Waals surface area contributed by atoms with Crippen molar-refractivity contribution in [3.05, 3.63) is 224 Å². The van der Waals surface area contributed by atoms with Crippen LogP contribution in [0.15, 0.2) is 200 Å². The van der Waals surface area contributed by atoms with Crippen LogP contribution < -0.4 is 14.6 Å². The number of alkyl halides is 3. The van der Waals surface area contributed by atoms with Crippen molar-refractivity contribution in [1.29, 1.82) is 0 Å². The maximum atomic E-state index is 13.1. The molecule has 2 aliphatic rings. The summed E-state index contributed by atoms with van der Waals surface area (Å²) in [5, 5.41) is 19.5. The van der Waals surface area contributed by atoms with Gasteiger partial charge in [0.15, 0.2) is 31.1 Å². The smallest absolute Gasteiger partial charge is 0.435 e. The fourth-order valence-corrected chi connectivity index (χ4v) is 13.5. The standard InChI is InChI=1S/C17H12BrFO2S2.C17H14F3N3O2S.C17H14O4S.C13H18N2O5S/c1-23(20,21)14-8-4-11(5-9-14)15-10-16(18)22-17(15)12-2-6-13(19)7-3-12;1-11-2-4-12(5-3-11)15-10-16(17(18,19)20)22-23(15)13-6-8-14(9-7-13)26(21,24)25;1-22(19,20)14-9-7-12(8-10-14)15-11-21-17(18)16(15)13-5-3-2-4-6-13;1-21(18,19)14-12-8-7-10(15(16)17)9-13(12)20-11-5-3-2-4-6-11/h2-10H,1H3;2-10H,1H3,(H2,21,24,25);2-10H,11H2,1H3;7-9,11,14H,2-6H2,1H3. The van der Waals surface area contributed by atoms with Crippen molar-refractivity contribution in [3.63, 3.8) is 0 Å². The number of hydrogen-bond acceptors (Lipinski definition) is 15. The number of hydrogen-bond donors (Lipinski definition) is 2. The molecule has 0 amide bonds. The van der Waals surface area contributed by atoms with E-state index in [-0.39, 0.29) is 62.8 Å². The Kier molecular flexibility index (Phi) is 22.0. The number of rotatable bonds is 14. The lowest BCUT2D eigenvalue weighted by molar-refractivity contribution is -0.384.